The van der Waals surface area contributed by atoms with Crippen molar-refractivity contribution in [3.63, 3.8) is 0 Å². The Balaban J connectivity index is 2.48. The second-order valence-electron chi connectivity index (χ2n) is 3.02. The van der Waals surface area contributed by atoms with Gasteiger partial charge in [-0.25, -0.2) is 0 Å². The molecule has 78 valence electrons. The van der Waals surface area contributed by atoms with E-state index in [1.807, 2.05) is 0 Å². The topological polar surface area (TPSA) is 86.3 Å². The van der Waals surface area contributed by atoms with Gasteiger partial charge in [0.2, 0.25) is 6.79 Å². The molecule has 0 fully saturated rings. The first-order chi connectivity index (χ1) is 7.76. The lowest BCUT2D eigenvalue weighted by Crippen LogP contribution is -1.93. The van der Waals surface area contributed by atoms with Gasteiger partial charge < -0.3 is 14.6 Å². The molecular weight excluding hydrogens is 208 g/mol. The summed E-state index contributed by atoms with van der Waals surface area (Å²) in [4.78, 5) is 0. The summed E-state index contributed by atoms with van der Waals surface area (Å²) in [6, 6.07) is 7.91. The molecule has 0 spiro atoms. The van der Waals surface area contributed by atoms with Crippen LogP contribution in [0, 0.1) is 22.7 Å². The normalized spacial score (nSPS) is 11.4. The van der Waals surface area contributed by atoms with Gasteiger partial charge in [-0.3, -0.25) is 0 Å². The van der Waals surface area contributed by atoms with Crippen LogP contribution >= 0.6 is 0 Å². The average Bonchev–Trinajstić information content (AvgIpc) is 2.77. The minimum atomic E-state index is -0.358. The van der Waals surface area contributed by atoms with E-state index >= 15 is 0 Å². The number of aliphatic hydroxyl groups is 1. The Morgan fingerprint density at radius 3 is 2.56 bits per heavy atom. The predicted molar refractivity (Wildman–Crippen MR) is 53.3 cm³/mol. The third kappa shape index (κ3) is 1.51. The Morgan fingerprint density at radius 2 is 1.88 bits per heavy atom. The van der Waals surface area contributed by atoms with E-state index in [0.717, 1.165) is 0 Å². The molecule has 16 heavy (non-hydrogen) atoms. The molecule has 1 aliphatic heterocycles. The summed E-state index contributed by atoms with van der Waals surface area (Å²) in [6.45, 7) is 0.132. The first-order valence-corrected chi connectivity index (χ1v) is 4.39. The minimum Gasteiger partial charge on any atom is -0.505 e. The molecule has 0 aromatic heterocycles. The van der Waals surface area contributed by atoms with Crippen LogP contribution in [0.25, 0.3) is 5.76 Å². The minimum absolute atomic E-state index is 0.132. The molecular formula is C11H6N2O3. The van der Waals surface area contributed by atoms with Gasteiger partial charge in [0.1, 0.15) is 12.1 Å². The van der Waals surface area contributed by atoms with Crippen molar-refractivity contribution in [3.8, 4) is 23.6 Å². The molecule has 0 bridgehead atoms. The van der Waals surface area contributed by atoms with Crippen LogP contribution in [0.3, 0.4) is 0 Å². The Labute approximate surface area is 91.4 Å². The van der Waals surface area contributed by atoms with Crippen LogP contribution in [0.2, 0.25) is 0 Å². The van der Waals surface area contributed by atoms with Gasteiger partial charge in [0, 0.05) is 5.56 Å². The second-order valence-corrected chi connectivity index (χ2v) is 3.02. The van der Waals surface area contributed by atoms with Crippen molar-refractivity contribution in [1.29, 1.82) is 10.5 Å². The Bertz CT molecular complexity index is 533. The van der Waals surface area contributed by atoms with Crippen LogP contribution in [-0.4, -0.2) is 11.9 Å². The smallest absolute Gasteiger partial charge is 0.231 e. The van der Waals surface area contributed by atoms with Gasteiger partial charge in [-0.15, -0.1) is 0 Å². The summed E-state index contributed by atoms with van der Waals surface area (Å²) in [5, 5.41) is 26.9. The van der Waals surface area contributed by atoms with E-state index in [9.17, 15) is 5.11 Å². The van der Waals surface area contributed by atoms with E-state index < -0.39 is 0 Å². The van der Waals surface area contributed by atoms with E-state index in [4.69, 9.17) is 20.0 Å². The van der Waals surface area contributed by atoms with Crippen LogP contribution in [0.5, 0.6) is 11.5 Å². The van der Waals surface area contributed by atoms with Crippen molar-refractivity contribution in [2.75, 3.05) is 6.79 Å². The van der Waals surface area contributed by atoms with Gasteiger partial charge in [-0.2, -0.15) is 10.5 Å². The van der Waals surface area contributed by atoms with Crippen LogP contribution in [0.4, 0.5) is 0 Å². The van der Waals surface area contributed by atoms with Crippen molar-refractivity contribution in [3.05, 3.63) is 29.3 Å². The van der Waals surface area contributed by atoms with Crippen molar-refractivity contribution >= 4 is 5.76 Å². The maximum atomic E-state index is 9.65. The number of fused-ring (bicyclic) bond motifs is 1. The Morgan fingerprint density at radius 1 is 1.19 bits per heavy atom. The van der Waals surface area contributed by atoms with Crippen LogP contribution < -0.4 is 9.47 Å². The molecule has 5 heteroatoms. The second kappa shape index (κ2) is 3.84. The van der Waals surface area contributed by atoms with Gasteiger partial charge in [0.15, 0.2) is 22.8 Å². The van der Waals surface area contributed by atoms with E-state index in [0.29, 0.717) is 17.1 Å². The van der Waals surface area contributed by atoms with E-state index in [2.05, 4.69) is 0 Å². The van der Waals surface area contributed by atoms with Crippen LogP contribution in [-0.2, 0) is 0 Å². The summed E-state index contributed by atoms with van der Waals surface area (Å²) in [5.74, 6) is 0.703. The number of nitriles is 2. The fourth-order valence-corrected chi connectivity index (χ4v) is 1.32. The first kappa shape index (κ1) is 9.88. The molecule has 0 unspecified atom stereocenters. The van der Waals surface area contributed by atoms with E-state index in [1.165, 1.54) is 6.07 Å². The van der Waals surface area contributed by atoms with Crippen molar-refractivity contribution < 1.29 is 14.6 Å². The zero-order valence-corrected chi connectivity index (χ0v) is 8.10. The van der Waals surface area contributed by atoms with Gasteiger partial charge in [-0.05, 0) is 18.2 Å². The van der Waals surface area contributed by atoms with Gasteiger partial charge in [-0.1, -0.05) is 0 Å². The highest BCUT2D eigenvalue weighted by molar-refractivity contribution is 5.71. The number of nitrogens with zero attached hydrogens (tertiary/aromatic N) is 2. The van der Waals surface area contributed by atoms with Crippen molar-refractivity contribution in [2.45, 2.75) is 0 Å². The molecule has 1 aliphatic rings. The van der Waals surface area contributed by atoms with E-state index in [-0.39, 0.29) is 18.1 Å². The molecule has 1 heterocycles. The number of ether oxygens (including phenoxy) is 2. The lowest BCUT2D eigenvalue weighted by molar-refractivity contribution is 0.174. The monoisotopic (exact) mass is 214 g/mol. The van der Waals surface area contributed by atoms with Gasteiger partial charge >= 0.3 is 0 Å². The zero-order valence-electron chi connectivity index (χ0n) is 8.10. The number of allylic oxidation sites excluding steroid dienone is 1. The molecule has 1 N–H and O–H groups in total. The lowest BCUT2D eigenvalue weighted by Gasteiger charge is -2.01. The van der Waals surface area contributed by atoms with Crippen molar-refractivity contribution in [1.82, 2.24) is 0 Å². The average molecular weight is 214 g/mol. The van der Waals surface area contributed by atoms with Gasteiger partial charge in [0.25, 0.3) is 0 Å². The van der Waals surface area contributed by atoms with Crippen LogP contribution in [0.15, 0.2) is 23.8 Å². The highest BCUT2D eigenvalue weighted by Gasteiger charge is 2.16. The number of aliphatic hydroxyl groups excluding tert-OH is 1. The SMILES string of the molecule is N#CC(C#N)=C(O)c1ccc2c(c1)OCO2. The first-order valence-electron chi connectivity index (χ1n) is 4.39. The lowest BCUT2D eigenvalue weighted by atomic mass is 10.1. The summed E-state index contributed by atoms with van der Waals surface area (Å²) in [5.41, 5.74) is 0.0150. The molecule has 5 nitrogen and oxygen atoms in total. The molecule has 1 aromatic rings. The largest absolute Gasteiger partial charge is 0.505 e. The molecule has 0 aliphatic carbocycles. The number of rotatable bonds is 1. The predicted octanol–water partition coefficient (Wildman–Crippen LogP) is 1.73. The molecule has 1 aromatic carbocycles. The Hall–Kier alpha value is -2.66. The Kier molecular flexibility index (Phi) is 2.37. The molecule has 2 rings (SSSR count). The maximum Gasteiger partial charge on any atom is 0.231 e. The number of hydrogen-bond donors (Lipinski definition) is 1. The summed E-state index contributed by atoms with van der Waals surface area (Å²) < 4.78 is 10.2. The highest BCUT2D eigenvalue weighted by atomic mass is 16.7. The van der Waals surface area contributed by atoms with E-state index in [1.54, 1.807) is 24.3 Å². The number of hydrogen-bond acceptors (Lipinski definition) is 5. The molecule has 0 atom stereocenters. The fraction of sp³-hybridized carbons (Fsp3) is 0.0909. The third-order valence-corrected chi connectivity index (χ3v) is 2.11. The van der Waals surface area contributed by atoms with Gasteiger partial charge in [0.05, 0.1) is 0 Å². The maximum absolute atomic E-state index is 9.65. The summed E-state index contributed by atoms with van der Waals surface area (Å²) >= 11 is 0. The fourth-order valence-electron chi connectivity index (χ4n) is 1.32. The molecule has 0 amide bonds. The standard InChI is InChI=1S/C11H6N2O3/c12-4-8(5-13)11(14)7-1-2-9-10(3-7)16-6-15-9/h1-3,14H,6H2. The quantitative estimate of drug-likeness (QED) is 0.568. The highest BCUT2D eigenvalue weighted by Crippen LogP contribution is 2.34. The third-order valence-electron chi connectivity index (χ3n) is 2.11. The summed E-state index contributed by atoms with van der Waals surface area (Å²) in [6.07, 6.45) is 0. The molecule has 0 saturated heterocycles. The number of benzene rings is 1. The van der Waals surface area contributed by atoms with Crippen molar-refractivity contribution in [2.24, 2.45) is 0 Å². The zero-order chi connectivity index (χ0) is 11.5. The molecule has 0 radical (unpaired) electrons. The molecule has 0 saturated carbocycles. The summed E-state index contributed by atoms with van der Waals surface area (Å²) in [7, 11) is 0. The van der Waals surface area contributed by atoms with Crippen LogP contribution in [0.1, 0.15) is 5.56 Å².